The van der Waals surface area contributed by atoms with Crippen LogP contribution in [-0.2, 0) is 0 Å². The first-order valence-corrected chi connectivity index (χ1v) is 7.50. The van der Waals surface area contributed by atoms with Gasteiger partial charge in [-0.3, -0.25) is 0 Å². The van der Waals surface area contributed by atoms with Crippen LogP contribution in [0.25, 0.3) is 39.2 Å². The van der Waals surface area contributed by atoms with Gasteiger partial charge in [-0.05, 0) is 12.1 Å². The second-order valence-corrected chi connectivity index (χ2v) is 5.25. The molecule has 0 aliphatic heterocycles. The van der Waals surface area contributed by atoms with Crippen molar-refractivity contribution in [1.29, 1.82) is 0 Å². The van der Waals surface area contributed by atoms with Crippen LogP contribution in [-0.4, -0.2) is 9.97 Å². The van der Waals surface area contributed by atoms with Gasteiger partial charge in [0.25, 0.3) is 0 Å². The third kappa shape index (κ3) is 2.34. The summed E-state index contributed by atoms with van der Waals surface area (Å²) < 4.78 is 11.7. The quantitative estimate of drug-likeness (QED) is 0.474. The molecule has 0 saturated carbocycles. The maximum absolute atomic E-state index is 5.86. The molecular formula is C20H14N2O2. The lowest BCUT2D eigenvalue weighted by atomic mass is 10.2. The van der Waals surface area contributed by atoms with E-state index in [9.17, 15) is 0 Å². The Balaban J connectivity index is 1.84. The molecule has 0 saturated heterocycles. The maximum Gasteiger partial charge on any atom is 0.227 e. The summed E-state index contributed by atoms with van der Waals surface area (Å²) >= 11 is 0. The smallest absolute Gasteiger partial charge is 0.227 e. The minimum atomic E-state index is 0.496. The van der Waals surface area contributed by atoms with E-state index in [0.717, 1.165) is 16.7 Å². The molecule has 0 spiro atoms. The highest BCUT2D eigenvalue weighted by molar-refractivity contribution is 5.91. The predicted molar refractivity (Wildman–Crippen MR) is 95.4 cm³/mol. The molecule has 0 atom stereocenters. The fourth-order valence-electron chi connectivity index (χ4n) is 2.53. The first-order valence-electron chi connectivity index (χ1n) is 7.50. The number of allylic oxidation sites excluding steroid dienone is 4. The van der Waals surface area contributed by atoms with Gasteiger partial charge in [-0.15, -0.1) is 0 Å². The summed E-state index contributed by atoms with van der Waals surface area (Å²) in [5, 5.41) is 0. The normalized spacial score (nSPS) is 11.9. The van der Waals surface area contributed by atoms with E-state index in [-0.39, 0.29) is 0 Å². The Morgan fingerprint density at radius 2 is 1.62 bits per heavy atom. The topological polar surface area (TPSA) is 52.1 Å². The molecular weight excluding hydrogens is 300 g/mol. The molecule has 24 heavy (non-hydrogen) atoms. The molecule has 0 amide bonds. The summed E-state index contributed by atoms with van der Waals surface area (Å²) in [5.41, 5.74) is 4.48. The van der Waals surface area contributed by atoms with E-state index in [1.807, 2.05) is 42.5 Å². The van der Waals surface area contributed by atoms with Gasteiger partial charge in [-0.2, -0.15) is 0 Å². The van der Waals surface area contributed by atoms with Crippen LogP contribution in [0, 0.1) is 0 Å². The molecule has 0 fully saturated rings. The second kappa shape index (κ2) is 5.66. The number of hydrogen-bond acceptors (Lipinski definition) is 4. The summed E-state index contributed by atoms with van der Waals surface area (Å²) in [6, 6.07) is 13.5. The first-order chi connectivity index (χ1) is 11.8. The lowest BCUT2D eigenvalue weighted by Gasteiger charge is -1.91. The van der Waals surface area contributed by atoms with E-state index in [4.69, 9.17) is 8.83 Å². The van der Waals surface area contributed by atoms with E-state index in [1.54, 1.807) is 18.2 Å². The van der Waals surface area contributed by atoms with Crippen LogP contribution >= 0.6 is 0 Å². The van der Waals surface area contributed by atoms with Gasteiger partial charge in [0.1, 0.15) is 11.0 Å². The van der Waals surface area contributed by atoms with Crippen molar-refractivity contribution in [2.45, 2.75) is 0 Å². The number of nitrogens with zero attached hydrogens (tertiary/aromatic N) is 2. The molecule has 0 aliphatic rings. The highest BCUT2D eigenvalue weighted by Gasteiger charge is 2.13. The summed E-state index contributed by atoms with van der Waals surface area (Å²) in [7, 11) is 0. The van der Waals surface area contributed by atoms with E-state index in [0.29, 0.717) is 28.5 Å². The van der Waals surface area contributed by atoms with Gasteiger partial charge in [0, 0.05) is 23.3 Å². The molecule has 2 aromatic carbocycles. The average Bonchev–Trinajstić information content (AvgIpc) is 3.21. The molecule has 116 valence electrons. The monoisotopic (exact) mass is 314 g/mol. The van der Waals surface area contributed by atoms with E-state index in [2.05, 4.69) is 23.1 Å². The molecule has 0 N–H and O–H groups in total. The number of rotatable bonds is 4. The molecule has 4 heteroatoms. The molecule has 4 nitrogen and oxygen atoms in total. The van der Waals surface area contributed by atoms with Crippen LogP contribution in [0.15, 0.2) is 82.7 Å². The number of hydrogen-bond donors (Lipinski definition) is 0. The van der Waals surface area contributed by atoms with Gasteiger partial charge in [0.05, 0.1) is 0 Å². The Morgan fingerprint density at radius 3 is 2.33 bits per heavy atom. The predicted octanol–water partition coefficient (Wildman–Crippen LogP) is 5.39. The minimum Gasteiger partial charge on any atom is -0.436 e. The van der Waals surface area contributed by atoms with Crippen LogP contribution in [0.3, 0.4) is 0 Å². The van der Waals surface area contributed by atoms with Crippen molar-refractivity contribution in [3.63, 3.8) is 0 Å². The Kier molecular flexibility index (Phi) is 3.35. The maximum atomic E-state index is 5.86. The number of aromatic nitrogens is 2. The van der Waals surface area contributed by atoms with Gasteiger partial charge in [-0.25, -0.2) is 9.97 Å². The third-order valence-corrected chi connectivity index (χ3v) is 3.68. The molecule has 0 bridgehead atoms. The lowest BCUT2D eigenvalue weighted by Crippen LogP contribution is -1.78. The van der Waals surface area contributed by atoms with Crippen LogP contribution in [0.1, 0.15) is 5.89 Å². The number of fused-ring (bicyclic) bond motifs is 2. The van der Waals surface area contributed by atoms with Crippen LogP contribution in [0.4, 0.5) is 0 Å². The van der Waals surface area contributed by atoms with Crippen molar-refractivity contribution in [1.82, 2.24) is 9.97 Å². The summed E-state index contributed by atoms with van der Waals surface area (Å²) in [6.07, 6.45) is 5.15. The van der Waals surface area contributed by atoms with E-state index in [1.165, 1.54) is 0 Å². The fraction of sp³-hybridized carbons (Fsp3) is 0. The van der Waals surface area contributed by atoms with Crippen molar-refractivity contribution < 1.29 is 8.83 Å². The molecule has 0 radical (unpaired) electrons. The van der Waals surface area contributed by atoms with Crippen molar-refractivity contribution in [2.24, 2.45) is 0 Å². The van der Waals surface area contributed by atoms with Crippen LogP contribution in [0.2, 0.25) is 0 Å². The lowest BCUT2D eigenvalue weighted by molar-refractivity contribution is 0.586. The van der Waals surface area contributed by atoms with E-state index >= 15 is 0 Å². The molecule has 2 aromatic heterocycles. The summed E-state index contributed by atoms with van der Waals surface area (Å²) in [5.74, 6) is 1.08. The average molecular weight is 314 g/mol. The summed E-state index contributed by atoms with van der Waals surface area (Å²) in [4.78, 5) is 9.03. The Labute approximate surface area is 138 Å². The standard InChI is InChI=1S/C20H14N2O2/c1-3-8-13(4-2)19-21-15-11-18-16(12-17(15)23-19)22-20(24-18)14-9-6-5-7-10-14/h3-12H,1-2H2/b13-8+. The molecule has 0 unspecified atom stereocenters. The third-order valence-electron chi connectivity index (χ3n) is 3.68. The zero-order valence-electron chi connectivity index (χ0n) is 12.9. The van der Waals surface area contributed by atoms with Gasteiger partial charge in [0.2, 0.25) is 11.8 Å². The fourth-order valence-corrected chi connectivity index (χ4v) is 2.53. The van der Waals surface area contributed by atoms with Crippen molar-refractivity contribution in [2.75, 3.05) is 0 Å². The van der Waals surface area contributed by atoms with Gasteiger partial charge in [0.15, 0.2) is 11.2 Å². The summed E-state index contributed by atoms with van der Waals surface area (Å²) in [6.45, 7) is 7.45. The first kappa shape index (κ1) is 14.2. The van der Waals surface area contributed by atoms with Crippen molar-refractivity contribution >= 4 is 27.8 Å². The van der Waals surface area contributed by atoms with Gasteiger partial charge < -0.3 is 8.83 Å². The minimum absolute atomic E-state index is 0.496. The Morgan fingerprint density at radius 1 is 0.917 bits per heavy atom. The van der Waals surface area contributed by atoms with Gasteiger partial charge in [-0.1, -0.05) is 49.6 Å². The number of oxazole rings is 2. The molecule has 4 aromatic rings. The van der Waals surface area contributed by atoms with Crippen molar-refractivity contribution in [3.05, 3.63) is 79.7 Å². The zero-order chi connectivity index (χ0) is 16.5. The van der Waals surface area contributed by atoms with Crippen molar-refractivity contribution in [3.8, 4) is 11.5 Å². The second-order valence-electron chi connectivity index (χ2n) is 5.25. The SMILES string of the molecule is C=C/C=C(\C=C)c1nc2cc3oc(-c4ccccc4)nc3cc2o1. The number of benzene rings is 2. The highest BCUT2D eigenvalue weighted by atomic mass is 16.4. The Hall–Kier alpha value is -3.40. The largest absolute Gasteiger partial charge is 0.436 e. The molecule has 4 rings (SSSR count). The van der Waals surface area contributed by atoms with Crippen LogP contribution < -0.4 is 0 Å². The Bertz CT molecular complexity index is 1030. The molecule has 2 heterocycles. The molecule has 0 aliphatic carbocycles. The van der Waals surface area contributed by atoms with Gasteiger partial charge >= 0.3 is 0 Å². The zero-order valence-corrected chi connectivity index (χ0v) is 12.9. The highest BCUT2D eigenvalue weighted by Crippen LogP contribution is 2.29. The van der Waals surface area contributed by atoms with E-state index < -0.39 is 0 Å². The van der Waals surface area contributed by atoms with Crippen LogP contribution in [0.5, 0.6) is 0 Å².